The molecule has 0 unspecified atom stereocenters. The number of carbonyl (C=O) groups is 1. The summed E-state index contributed by atoms with van der Waals surface area (Å²) in [6, 6.07) is 9.39. The fourth-order valence-electron chi connectivity index (χ4n) is 3.32. The summed E-state index contributed by atoms with van der Waals surface area (Å²) < 4.78 is 9.23. The van der Waals surface area contributed by atoms with Crippen LogP contribution in [0.15, 0.2) is 48.1 Å². The summed E-state index contributed by atoms with van der Waals surface area (Å²) in [6.45, 7) is 9.69. The van der Waals surface area contributed by atoms with Crippen LogP contribution in [0.2, 0.25) is 5.02 Å². The average Bonchev–Trinajstić information content (AvgIpc) is 3.26. The van der Waals surface area contributed by atoms with Crippen LogP contribution in [0.4, 0.5) is 0 Å². The largest absolute Gasteiger partial charge is 0.383 e. The lowest BCUT2D eigenvalue weighted by atomic mass is 10.2. The molecule has 3 rings (SSSR count). The Labute approximate surface area is 185 Å². The number of Topliss-reactive ketones (excluding diaryl/α,β-unsaturated/α-hetero) is 1. The van der Waals surface area contributed by atoms with Crippen LogP contribution in [-0.2, 0) is 17.8 Å². The first kappa shape index (κ1) is 22.3. The summed E-state index contributed by atoms with van der Waals surface area (Å²) in [4.78, 5) is 12.9. The van der Waals surface area contributed by atoms with Crippen molar-refractivity contribution in [2.75, 3.05) is 19.5 Å². The number of hydrogen-bond acceptors (Lipinski definition) is 5. The first-order chi connectivity index (χ1) is 14.5. The lowest BCUT2D eigenvalue weighted by Gasteiger charge is -2.09. The number of thioether (sulfide) groups is 1. The monoisotopic (exact) mass is 444 g/mol. The van der Waals surface area contributed by atoms with Crippen molar-refractivity contribution in [2.45, 2.75) is 32.1 Å². The van der Waals surface area contributed by atoms with Crippen molar-refractivity contribution in [3.63, 3.8) is 0 Å². The fourth-order valence-corrected chi connectivity index (χ4v) is 4.28. The number of carbonyl (C=O) groups excluding carboxylic acids is 1. The van der Waals surface area contributed by atoms with Crippen molar-refractivity contribution in [1.29, 1.82) is 0 Å². The molecule has 0 radical (unpaired) electrons. The van der Waals surface area contributed by atoms with Gasteiger partial charge < -0.3 is 9.30 Å². The maximum absolute atomic E-state index is 12.9. The number of benzene rings is 1. The van der Waals surface area contributed by atoms with Gasteiger partial charge in [0.15, 0.2) is 16.8 Å². The van der Waals surface area contributed by atoms with Crippen LogP contribution in [0.5, 0.6) is 0 Å². The van der Waals surface area contributed by atoms with E-state index in [1.165, 1.54) is 11.8 Å². The molecule has 30 heavy (non-hydrogen) atoms. The maximum Gasteiger partial charge on any atom is 0.192 e. The molecule has 1 aromatic carbocycles. The quantitative estimate of drug-likeness (QED) is 0.255. The van der Waals surface area contributed by atoms with Gasteiger partial charge in [-0.15, -0.1) is 16.8 Å². The number of halogens is 1. The van der Waals surface area contributed by atoms with Gasteiger partial charge in [0, 0.05) is 47.7 Å². The van der Waals surface area contributed by atoms with E-state index in [-0.39, 0.29) is 11.5 Å². The summed E-state index contributed by atoms with van der Waals surface area (Å²) in [6.07, 6.45) is 1.79. The maximum atomic E-state index is 12.9. The summed E-state index contributed by atoms with van der Waals surface area (Å²) in [5.41, 5.74) is 3.67. The van der Waals surface area contributed by atoms with Gasteiger partial charge in [0.05, 0.1) is 12.4 Å². The Hall–Kier alpha value is -2.35. The molecule has 0 N–H and O–H groups in total. The Morgan fingerprint density at radius 2 is 1.97 bits per heavy atom. The van der Waals surface area contributed by atoms with Crippen LogP contribution >= 0.6 is 23.4 Å². The summed E-state index contributed by atoms with van der Waals surface area (Å²) >= 11 is 7.37. The van der Waals surface area contributed by atoms with E-state index in [1.54, 1.807) is 13.2 Å². The van der Waals surface area contributed by atoms with Crippen LogP contribution in [-0.4, -0.2) is 44.6 Å². The minimum absolute atomic E-state index is 0.0676. The summed E-state index contributed by atoms with van der Waals surface area (Å²) in [5, 5.41) is 9.98. The molecule has 158 valence electrons. The molecular formula is C22H25ClN4O2S. The Balaban J connectivity index is 1.78. The number of hydrogen-bond donors (Lipinski definition) is 0. The van der Waals surface area contributed by atoms with Gasteiger partial charge in [-0.1, -0.05) is 29.4 Å². The van der Waals surface area contributed by atoms with Crippen molar-refractivity contribution in [1.82, 2.24) is 19.3 Å². The van der Waals surface area contributed by atoms with Crippen LogP contribution < -0.4 is 0 Å². The Morgan fingerprint density at radius 3 is 2.63 bits per heavy atom. The first-order valence-corrected chi connectivity index (χ1v) is 10.9. The third-order valence-corrected chi connectivity index (χ3v) is 6.08. The lowest BCUT2D eigenvalue weighted by Crippen LogP contribution is -2.10. The Kier molecular flexibility index (Phi) is 7.53. The van der Waals surface area contributed by atoms with Gasteiger partial charge in [-0.2, -0.15) is 0 Å². The predicted molar refractivity (Wildman–Crippen MR) is 122 cm³/mol. The van der Waals surface area contributed by atoms with Crippen LogP contribution in [0.1, 0.15) is 21.7 Å². The fraction of sp³-hybridized carbons (Fsp3) is 0.318. The molecule has 8 heteroatoms. The van der Waals surface area contributed by atoms with Crippen LogP contribution in [0, 0.1) is 13.8 Å². The molecule has 0 aliphatic carbocycles. The van der Waals surface area contributed by atoms with Crippen LogP contribution in [0.3, 0.4) is 0 Å². The standard InChI is InChI=1S/C22H25ClN4O2S/c1-5-10-27-21(17-6-8-18(23)9-7-17)24-25-22(27)30-14-20(28)19-13-15(2)26(16(19)3)11-12-29-4/h5-9,13H,1,10-12,14H2,2-4H3. The van der Waals surface area contributed by atoms with Gasteiger partial charge in [-0.25, -0.2) is 0 Å². The van der Waals surface area contributed by atoms with E-state index in [1.807, 2.05) is 48.7 Å². The van der Waals surface area contributed by atoms with E-state index in [2.05, 4.69) is 21.3 Å². The van der Waals surface area contributed by atoms with E-state index in [9.17, 15) is 4.79 Å². The first-order valence-electron chi connectivity index (χ1n) is 9.58. The second-order valence-electron chi connectivity index (χ2n) is 6.85. The second kappa shape index (κ2) is 10.1. The molecule has 0 aliphatic heterocycles. The highest BCUT2D eigenvalue weighted by Crippen LogP contribution is 2.26. The minimum atomic E-state index is 0.0676. The van der Waals surface area contributed by atoms with Crippen molar-refractivity contribution >= 4 is 29.1 Å². The van der Waals surface area contributed by atoms with Gasteiger partial charge >= 0.3 is 0 Å². The molecule has 0 spiro atoms. The van der Waals surface area contributed by atoms with Gasteiger partial charge in [-0.3, -0.25) is 9.36 Å². The molecule has 0 saturated carbocycles. The zero-order chi connectivity index (χ0) is 21.7. The highest BCUT2D eigenvalue weighted by atomic mass is 35.5. The Bertz CT molecular complexity index is 1040. The number of nitrogens with zero attached hydrogens (tertiary/aromatic N) is 4. The van der Waals surface area contributed by atoms with Gasteiger partial charge in [0.25, 0.3) is 0 Å². The third-order valence-electron chi connectivity index (χ3n) is 4.86. The highest BCUT2D eigenvalue weighted by molar-refractivity contribution is 7.99. The topological polar surface area (TPSA) is 61.9 Å². The molecule has 0 atom stereocenters. The number of aromatic nitrogens is 4. The molecule has 0 aliphatic rings. The SMILES string of the molecule is C=CCn1c(SCC(=O)c2cc(C)n(CCOC)c2C)nnc1-c1ccc(Cl)cc1. The number of methoxy groups -OCH3 is 1. The molecule has 0 amide bonds. The van der Waals surface area contributed by atoms with E-state index >= 15 is 0 Å². The van der Waals surface area contributed by atoms with Crippen molar-refractivity contribution in [3.8, 4) is 11.4 Å². The molecule has 0 saturated heterocycles. The highest BCUT2D eigenvalue weighted by Gasteiger charge is 2.19. The lowest BCUT2D eigenvalue weighted by molar-refractivity contribution is 0.102. The number of ketones is 1. The van der Waals surface area contributed by atoms with E-state index < -0.39 is 0 Å². The molecule has 6 nitrogen and oxygen atoms in total. The molecular weight excluding hydrogens is 420 g/mol. The second-order valence-corrected chi connectivity index (χ2v) is 8.23. The number of ether oxygens (including phenoxy) is 1. The summed E-state index contributed by atoms with van der Waals surface area (Å²) in [5.74, 6) is 1.07. The van der Waals surface area contributed by atoms with Gasteiger partial charge in [-0.05, 0) is 44.2 Å². The van der Waals surface area contributed by atoms with Gasteiger partial charge in [0.2, 0.25) is 0 Å². The van der Waals surface area contributed by atoms with Crippen molar-refractivity contribution < 1.29 is 9.53 Å². The number of rotatable bonds is 10. The van der Waals surface area contributed by atoms with E-state index in [0.29, 0.717) is 23.3 Å². The van der Waals surface area contributed by atoms with Crippen molar-refractivity contribution in [2.24, 2.45) is 0 Å². The summed E-state index contributed by atoms with van der Waals surface area (Å²) in [7, 11) is 1.68. The normalized spacial score (nSPS) is 11.1. The molecule has 0 fully saturated rings. The third kappa shape index (κ3) is 4.86. The molecule has 2 heterocycles. The van der Waals surface area contributed by atoms with E-state index in [0.717, 1.165) is 34.9 Å². The van der Waals surface area contributed by atoms with Crippen LogP contribution in [0.25, 0.3) is 11.4 Å². The van der Waals surface area contributed by atoms with E-state index in [4.69, 9.17) is 16.3 Å². The zero-order valence-electron chi connectivity index (χ0n) is 17.4. The smallest absolute Gasteiger partial charge is 0.192 e. The van der Waals surface area contributed by atoms with Gasteiger partial charge in [0.1, 0.15) is 0 Å². The molecule has 2 aromatic heterocycles. The average molecular weight is 445 g/mol. The molecule has 0 bridgehead atoms. The molecule has 3 aromatic rings. The number of aryl methyl sites for hydroxylation is 1. The Morgan fingerprint density at radius 1 is 1.23 bits per heavy atom. The van der Waals surface area contributed by atoms with Crippen molar-refractivity contribution in [3.05, 3.63) is 65.0 Å². The predicted octanol–water partition coefficient (Wildman–Crippen LogP) is 4.82. The number of allylic oxidation sites excluding steroid dienone is 1. The minimum Gasteiger partial charge on any atom is -0.383 e. The zero-order valence-corrected chi connectivity index (χ0v) is 19.0.